The molecule has 0 unspecified atom stereocenters. The third-order valence-electron chi connectivity index (χ3n) is 8.93. The van der Waals surface area contributed by atoms with E-state index < -0.39 is 5.82 Å². The first-order valence-electron chi connectivity index (χ1n) is 16.5. The molecular weight excluding hydrogens is 682 g/mol. The molecule has 2 amide bonds. The van der Waals surface area contributed by atoms with Gasteiger partial charge in [-0.2, -0.15) is 0 Å². The van der Waals surface area contributed by atoms with Crippen molar-refractivity contribution < 1.29 is 23.5 Å². The molecule has 3 heterocycles. The molecule has 50 heavy (non-hydrogen) atoms. The number of hydrogen-bond acceptors (Lipinski definition) is 8. The molecule has 0 radical (unpaired) electrons. The Morgan fingerprint density at radius 3 is 2.14 bits per heavy atom. The van der Waals surface area contributed by atoms with Gasteiger partial charge in [0, 0.05) is 91.2 Å². The number of benzene rings is 3. The van der Waals surface area contributed by atoms with E-state index in [4.69, 9.17) is 32.7 Å². The van der Waals surface area contributed by atoms with Crippen molar-refractivity contribution in [3.8, 4) is 33.9 Å². The van der Waals surface area contributed by atoms with Crippen LogP contribution in [0.4, 0.5) is 15.8 Å². The predicted octanol–water partition coefficient (Wildman–Crippen LogP) is 6.36. The summed E-state index contributed by atoms with van der Waals surface area (Å²) >= 11 is 14.0. The highest BCUT2D eigenvalue weighted by atomic mass is 35.5. The predicted molar refractivity (Wildman–Crippen MR) is 194 cm³/mol. The molecule has 0 bridgehead atoms. The minimum atomic E-state index is -0.437. The van der Waals surface area contributed by atoms with E-state index in [9.17, 15) is 14.0 Å². The zero-order valence-corrected chi connectivity index (χ0v) is 29.3. The van der Waals surface area contributed by atoms with Gasteiger partial charge in [0.2, 0.25) is 11.8 Å². The number of hydrogen-bond donors (Lipinski definition) is 5. The van der Waals surface area contributed by atoms with Gasteiger partial charge in [0.25, 0.3) is 0 Å². The molecule has 3 aromatic carbocycles. The number of methoxy groups -OCH3 is 2. The molecule has 4 aromatic rings. The highest BCUT2D eigenvalue weighted by molar-refractivity contribution is 6.39. The van der Waals surface area contributed by atoms with Crippen molar-refractivity contribution in [1.29, 1.82) is 0 Å². The molecule has 0 spiro atoms. The third kappa shape index (κ3) is 8.13. The summed E-state index contributed by atoms with van der Waals surface area (Å²) in [7, 11) is 3.15. The summed E-state index contributed by atoms with van der Waals surface area (Å²) in [4.78, 5) is 27.6. The fraction of sp³-hybridized carbons (Fsp3) is 0.324. The summed E-state index contributed by atoms with van der Waals surface area (Å²) in [5.74, 6) is 0.850. The zero-order valence-electron chi connectivity index (χ0n) is 27.8. The summed E-state index contributed by atoms with van der Waals surface area (Å²) in [5, 5.41) is 16.6. The van der Waals surface area contributed by atoms with Gasteiger partial charge in [-0.25, -0.2) is 4.39 Å². The summed E-state index contributed by atoms with van der Waals surface area (Å²) < 4.78 is 26.3. The van der Waals surface area contributed by atoms with Gasteiger partial charge in [-0.3, -0.25) is 14.6 Å². The van der Waals surface area contributed by atoms with E-state index in [0.717, 1.165) is 24.0 Å². The van der Waals surface area contributed by atoms with Gasteiger partial charge in [0.05, 0.1) is 41.3 Å². The smallest absolute Gasteiger partial charge is 0.220 e. The number of nitrogens with zero attached hydrogens (tertiary/aromatic N) is 1. The molecule has 262 valence electrons. The second kappa shape index (κ2) is 16.1. The first-order chi connectivity index (χ1) is 24.2. The van der Waals surface area contributed by atoms with Gasteiger partial charge in [-0.15, -0.1) is 0 Å². The summed E-state index contributed by atoms with van der Waals surface area (Å²) in [5.41, 5.74) is 5.19. The van der Waals surface area contributed by atoms with E-state index in [1.165, 1.54) is 19.2 Å². The number of anilines is 2. The van der Waals surface area contributed by atoms with Crippen molar-refractivity contribution in [2.24, 2.45) is 0 Å². The Kier molecular flexibility index (Phi) is 11.4. The fourth-order valence-corrected chi connectivity index (χ4v) is 7.01. The van der Waals surface area contributed by atoms with E-state index in [1.54, 1.807) is 25.4 Å². The normalized spacial score (nSPS) is 17.1. The topological polar surface area (TPSA) is 126 Å². The number of rotatable bonds is 14. The number of halogens is 3. The highest BCUT2D eigenvalue weighted by Crippen LogP contribution is 2.43. The lowest BCUT2D eigenvalue weighted by Crippen LogP contribution is -2.35. The van der Waals surface area contributed by atoms with Crippen LogP contribution in [0.5, 0.6) is 11.5 Å². The SMILES string of the molecule is COc1cc(-c2nccc(-c3cccc(Nc4cc(F)cc(CNC[C@@H]5CCC(=O)N5)c4OC)c3Cl)c2Cl)ccc1CNC[C@@H]1CCC(=O)N1. The molecule has 0 saturated carbocycles. The van der Waals surface area contributed by atoms with Gasteiger partial charge in [0.15, 0.2) is 0 Å². The van der Waals surface area contributed by atoms with Crippen LogP contribution in [0, 0.1) is 5.82 Å². The fourth-order valence-electron chi connectivity index (χ4n) is 6.41. The van der Waals surface area contributed by atoms with Crippen molar-refractivity contribution in [3.05, 3.63) is 87.8 Å². The second-order valence-corrected chi connectivity index (χ2v) is 13.1. The highest BCUT2D eigenvalue weighted by Gasteiger charge is 2.22. The van der Waals surface area contributed by atoms with Crippen LogP contribution in [0.15, 0.2) is 60.8 Å². The lowest BCUT2D eigenvalue weighted by atomic mass is 10.0. The standard InChI is InChI=1S/C37H39Cl2FN6O4/c1-49-31-15-21(6-7-22(31)17-41-19-25-8-10-32(47)44-25)36-35(39)28(12-13-43-36)27-4-3-5-29(34(27)38)46-30-16-24(40)14-23(37(30)50-2)18-42-20-26-9-11-33(48)45-26/h3-7,12-16,25-26,41-42,46H,8-11,17-20H2,1-2H3,(H,44,47)(H,45,48)/t25-,26-/m0/s1. The van der Waals surface area contributed by atoms with Crippen LogP contribution in [0.1, 0.15) is 36.8 Å². The molecule has 2 aliphatic rings. The molecule has 2 fully saturated rings. The van der Waals surface area contributed by atoms with Crippen LogP contribution < -0.4 is 36.1 Å². The Hall–Kier alpha value is -4.42. The van der Waals surface area contributed by atoms with E-state index in [1.807, 2.05) is 30.3 Å². The third-order valence-corrected chi connectivity index (χ3v) is 9.71. The van der Waals surface area contributed by atoms with E-state index in [0.29, 0.717) is 94.3 Å². The quantitative estimate of drug-likeness (QED) is 0.102. The Labute approximate surface area is 300 Å². The molecule has 2 aliphatic heterocycles. The van der Waals surface area contributed by atoms with E-state index >= 15 is 0 Å². The number of pyridine rings is 1. The molecular formula is C37H39Cl2FN6O4. The van der Waals surface area contributed by atoms with Gasteiger partial charge < -0.3 is 36.1 Å². The minimum Gasteiger partial charge on any atom is -0.496 e. The molecule has 5 N–H and O–H groups in total. The largest absolute Gasteiger partial charge is 0.496 e. The van der Waals surface area contributed by atoms with Gasteiger partial charge in [-0.05, 0) is 37.1 Å². The zero-order chi connectivity index (χ0) is 35.2. The monoisotopic (exact) mass is 720 g/mol. The molecule has 2 saturated heterocycles. The number of nitrogens with one attached hydrogen (secondary N) is 5. The van der Waals surface area contributed by atoms with Crippen molar-refractivity contribution in [3.63, 3.8) is 0 Å². The Balaban J connectivity index is 1.21. The van der Waals surface area contributed by atoms with Crippen LogP contribution in [0.25, 0.3) is 22.4 Å². The molecule has 10 nitrogen and oxygen atoms in total. The number of carbonyl (C=O) groups excluding carboxylic acids is 2. The van der Waals surface area contributed by atoms with Crippen molar-refractivity contribution in [1.82, 2.24) is 26.3 Å². The van der Waals surface area contributed by atoms with Gasteiger partial charge >= 0.3 is 0 Å². The van der Waals surface area contributed by atoms with E-state index in [2.05, 4.69) is 31.6 Å². The summed E-state index contributed by atoms with van der Waals surface area (Å²) in [6.07, 6.45) is 4.34. The average molecular weight is 722 g/mol. The van der Waals surface area contributed by atoms with E-state index in [-0.39, 0.29) is 23.9 Å². The Bertz CT molecular complexity index is 1890. The van der Waals surface area contributed by atoms with Crippen molar-refractivity contribution in [2.45, 2.75) is 50.9 Å². The Morgan fingerprint density at radius 2 is 1.50 bits per heavy atom. The molecule has 6 rings (SSSR count). The van der Waals surface area contributed by atoms with Crippen LogP contribution in [0.2, 0.25) is 10.0 Å². The van der Waals surface area contributed by atoms with Crippen LogP contribution in [-0.2, 0) is 22.7 Å². The van der Waals surface area contributed by atoms with Crippen LogP contribution >= 0.6 is 23.2 Å². The maximum absolute atomic E-state index is 14.9. The first kappa shape index (κ1) is 35.4. The molecule has 1 aromatic heterocycles. The van der Waals surface area contributed by atoms with Crippen LogP contribution in [0.3, 0.4) is 0 Å². The number of ether oxygens (including phenoxy) is 2. The van der Waals surface area contributed by atoms with Crippen LogP contribution in [-0.4, -0.2) is 56.2 Å². The second-order valence-electron chi connectivity index (χ2n) is 12.4. The van der Waals surface area contributed by atoms with Gasteiger partial charge in [0.1, 0.15) is 17.3 Å². The van der Waals surface area contributed by atoms with Gasteiger partial charge in [-0.1, -0.05) is 47.5 Å². The maximum Gasteiger partial charge on any atom is 0.220 e. The minimum absolute atomic E-state index is 0.0435. The number of amides is 2. The van der Waals surface area contributed by atoms with Crippen molar-refractivity contribution >= 4 is 46.4 Å². The molecule has 0 aliphatic carbocycles. The summed E-state index contributed by atoms with van der Waals surface area (Å²) in [6.45, 7) is 2.15. The van der Waals surface area contributed by atoms with Crippen molar-refractivity contribution in [2.75, 3.05) is 32.6 Å². The Morgan fingerprint density at radius 1 is 0.820 bits per heavy atom. The first-order valence-corrected chi connectivity index (χ1v) is 17.2. The summed E-state index contributed by atoms with van der Waals surface area (Å²) in [6, 6.07) is 16.1. The lowest BCUT2D eigenvalue weighted by molar-refractivity contribution is -0.120. The average Bonchev–Trinajstić information content (AvgIpc) is 3.72. The number of carbonyl (C=O) groups is 2. The lowest BCUT2D eigenvalue weighted by Gasteiger charge is -2.19. The molecule has 13 heteroatoms. The number of aromatic nitrogens is 1. The molecule has 2 atom stereocenters. The maximum atomic E-state index is 14.9.